The maximum absolute atomic E-state index is 12.7. The zero-order chi connectivity index (χ0) is 21.9. The molecule has 7 nitrogen and oxygen atoms in total. The number of fused-ring (bicyclic) bond motifs is 1. The van der Waals surface area contributed by atoms with Crippen LogP contribution < -0.4 is 19.5 Å². The summed E-state index contributed by atoms with van der Waals surface area (Å²) in [4.78, 5) is 18.6. The first-order chi connectivity index (χ1) is 15.7. The predicted molar refractivity (Wildman–Crippen MR) is 123 cm³/mol. The van der Waals surface area contributed by atoms with Gasteiger partial charge in [0, 0.05) is 30.0 Å². The van der Waals surface area contributed by atoms with Gasteiger partial charge in [-0.2, -0.15) is 0 Å². The zero-order valence-electron chi connectivity index (χ0n) is 17.4. The summed E-state index contributed by atoms with van der Waals surface area (Å²) in [6, 6.07) is 16.9. The number of aryl methyl sites for hydroxylation is 1. The molecule has 2 aromatic carbocycles. The summed E-state index contributed by atoms with van der Waals surface area (Å²) in [5.41, 5.74) is 1.70. The fraction of sp³-hybridized carbons (Fsp3) is 0.167. The lowest BCUT2D eigenvalue weighted by atomic mass is 10.1. The normalized spacial score (nSPS) is 12.4. The molecule has 8 heteroatoms. The molecule has 1 amide bonds. The number of amides is 1. The molecule has 0 spiro atoms. The van der Waals surface area contributed by atoms with Crippen molar-refractivity contribution in [3.63, 3.8) is 0 Å². The molecule has 0 bridgehead atoms. The third-order valence-electron chi connectivity index (χ3n) is 5.06. The highest BCUT2D eigenvalue weighted by molar-refractivity contribution is 7.17. The molecule has 0 fully saturated rings. The minimum Gasteiger partial charge on any atom is -0.486 e. The van der Waals surface area contributed by atoms with Gasteiger partial charge in [0.05, 0.1) is 4.88 Å². The van der Waals surface area contributed by atoms with Crippen molar-refractivity contribution >= 4 is 22.9 Å². The van der Waals surface area contributed by atoms with Crippen molar-refractivity contribution in [1.29, 1.82) is 0 Å². The number of thiophene rings is 1. The molecular weight excluding hydrogens is 426 g/mol. The molecule has 3 heterocycles. The second-order valence-corrected chi connectivity index (χ2v) is 8.33. The number of nitrogens with zero attached hydrogens (tertiary/aromatic N) is 2. The summed E-state index contributed by atoms with van der Waals surface area (Å²) >= 11 is 1.43. The molecule has 0 saturated heterocycles. The van der Waals surface area contributed by atoms with Gasteiger partial charge >= 0.3 is 0 Å². The third kappa shape index (κ3) is 4.31. The number of aromatic nitrogens is 2. The van der Waals surface area contributed by atoms with E-state index in [4.69, 9.17) is 14.2 Å². The van der Waals surface area contributed by atoms with E-state index in [0.717, 1.165) is 27.8 Å². The van der Waals surface area contributed by atoms with Gasteiger partial charge in [-0.1, -0.05) is 0 Å². The number of hydrogen-bond donors (Lipinski definition) is 1. The van der Waals surface area contributed by atoms with Crippen LogP contribution in [0.2, 0.25) is 0 Å². The summed E-state index contributed by atoms with van der Waals surface area (Å²) in [6.45, 7) is 1.49. The molecule has 32 heavy (non-hydrogen) atoms. The Morgan fingerprint density at radius 2 is 1.91 bits per heavy atom. The molecule has 4 aromatic rings. The van der Waals surface area contributed by atoms with Crippen molar-refractivity contribution in [2.45, 2.75) is 6.61 Å². The lowest BCUT2D eigenvalue weighted by Gasteiger charge is -2.18. The topological polar surface area (TPSA) is 74.6 Å². The predicted octanol–water partition coefficient (Wildman–Crippen LogP) is 4.75. The van der Waals surface area contributed by atoms with Crippen molar-refractivity contribution in [2.24, 2.45) is 7.05 Å². The Morgan fingerprint density at radius 1 is 1.09 bits per heavy atom. The quantitative estimate of drug-likeness (QED) is 0.462. The van der Waals surface area contributed by atoms with Crippen LogP contribution >= 0.6 is 11.3 Å². The van der Waals surface area contributed by atoms with Crippen LogP contribution in [0.4, 0.5) is 5.69 Å². The van der Waals surface area contributed by atoms with Crippen LogP contribution in [0, 0.1) is 0 Å². The molecular formula is C24H21N3O4S. The number of hydrogen-bond acceptors (Lipinski definition) is 6. The molecule has 0 atom stereocenters. The van der Waals surface area contributed by atoms with Crippen LogP contribution in [0.3, 0.4) is 0 Å². The molecule has 1 aliphatic rings. The number of nitrogens with one attached hydrogen (secondary N) is 1. The van der Waals surface area contributed by atoms with E-state index in [9.17, 15) is 4.79 Å². The Morgan fingerprint density at radius 3 is 2.69 bits per heavy atom. The number of ether oxygens (including phenoxy) is 3. The first kappa shape index (κ1) is 20.1. The van der Waals surface area contributed by atoms with E-state index in [2.05, 4.69) is 10.3 Å². The number of carbonyl (C=O) groups is 1. The molecule has 1 aliphatic heterocycles. The number of rotatable bonds is 6. The van der Waals surface area contributed by atoms with E-state index in [1.54, 1.807) is 6.20 Å². The molecule has 0 unspecified atom stereocenters. The Hall–Kier alpha value is -3.78. The first-order valence-electron chi connectivity index (χ1n) is 10.2. The number of imidazole rings is 1. The van der Waals surface area contributed by atoms with Crippen molar-refractivity contribution < 1.29 is 19.0 Å². The lowest BCUT2D eigenvalue weighted by Crippen LogP contribution is -2.15. The number of anilines is 1. The van der Waals surface area contributed by atoms with E-state index in [1.807, 2.05) is 72.4 Å². The Kier molecular flexibility index (Phi) is 5.51. The SMILES string of the molecule is Cn1ccnc1COc1ccc(NC(=O)c2ccc(-c3ccc4c(c3)OCCO4)s2)cc1. The van der Waals surface area contributed by atoms with Crippen molar-refractivity contribution in [2.75, 3.05) is 18.5 Å². The Bertz CT molecular complexity index is 1250. The molecule has 0 saturated carbocycles. The van der Waals surface area contributed by atoms with E-state index >= 15 is 0 Å². The van der Waals surface area contributed by atoms with Crippen molar-refractivity contribution in [3.05, 3.63) is 77.7 Å². The summed E-state index contributed by atoms with van der Waals surface area (Å²) in [5.74, 6) is 2.89. The van der Waals surface area contributed by atoms with Gasteiger partial charge in [-0.25, -0.2) is 4.98 Å². The molecule has 162 valence electrons. The van der Waals surface area contributed by atoms with E-state index in [-0.39, 0.29) is 5.91 Å². The third-order valence-corrected chi connectivity index (χ3v) is 6.19. The van der Waals surface area contributed by atoms with Gasteiger partial charge in [0.1, 0.15) is 31.4 Å². The van der Waals surface area contributed by atoms with Crippen LogP contribution in [0.25, 0.3) is 10.4 Å². The minimum absolute atomic E-state index is 0.152. The second kappa shape index (κ2) is 8.76. The van der Waals surface area contributed by atoms with Crippen LogP contribution in [-0.4, -0.2) is 28.7 Å². The van der Waals surface area contributed by atoms with Crippen molar-refractivity contribution in [1.82, 2.24) is 9.55 Å². The minimum atomic E-state index is -0.152. The average Bonchev–Trinajstić information content (AvgIpc) is 3.48. The van der Waals surface area contributed by atoms with Gasteiger partial charge in [-0.15, -0.1) is 11.3 Å². The summed E-state index contributed by atoms with van der Waals surface area (Å²) in [7, 11) is 1.92. The van der Waals surface area contributed by atoms with Crippen LogP contribution in [0.15, 0.2) is 67.0 Å². The average molecular weight is 448 g/mol. The fourth-order valence-corrected chi connectivity index (χ4v) is 4.22. The molecule has 0 radical (unpaired) electrons. The summed E-state index contributed by atoms with van der Waals surface area (Å²) in [6.07, 6.45) is 3.61. The summed E-state index contributed by atoms with van der Waals surface area (Å²) < 4.78 is 18.9. The second-order valence-electron chi connectivity index (χ2n) is 7.24. The van der Waals surface area contributed by atoms with Crippen LogP contribution in [-0.2, 0) is 13.7 Å². The Labute approximate surface area is 189 Å². The lowest BCUT2D eigenvalue weighted by molar-refractivity contribution is 0.103. The smallest absolute Gasteiger partial charge is 0.265 e. The molecule has 2 aromatic heterocycles. The Balaban J connectivity index is 1.22. The largest absolute Gasteiger partial charge is 0.486 e. The van der Waals surface area contributed by atoms with Crippen LogP contribution in [0.5, 0.6) is 17.2 Å². The molecule has 0 aliphatic carbocycles. The van der Waals surface area contributed by atoms with Gasteiger partial charge in [-0.3, -0.25) is 4.79 Å². The fourth-order valence-electron chi connectivity index (χ4n) is 3.32. The number of carbonyl (C=O) groups excluding carboxylic acids is 1. The van der Waals surface area contributed by atoms with Gasteiger partial charge in [0.2, 0.25) is 0 Å². The van der Waals surface area contributed by atoms with E-state index in [0.29, 0.717) is 36.1 Å². The van der Waals surface area contributed by atoms with Gasteiger partial charge in [0.15, 0.2) is 11.5 Å². The molecule has 5 rings (SSSR count). The van der Waals surface area contributed by atoms with Gasteiger partial charge in [-0.05, 0) is 60.2 Å². The van der Waals surface area contributed by atoms with E-state index in [1.165, 1.54) is 11.3 Å². The van der Waals surface area contributed by atoms with Gasteiger partial charge in [0.25, 0.3) is 5.91 Å². The van der Waals surface area contributed by atoms with E-state index < -0.39 is 0 Å². The van der Waals surface area contributed by atoms with Gasteiger partial charge < -0.3 is 24.1 Å². The summed E-state index contributed by atoms with van der Waals surface area (Å²) in [5, 5.41) is 2.93. The monoisotopic (exact) mass is 447 g/mol. The number of benzene rings is 2. The van der Waals surface area contributed by atoms with Crippen LogP contribution in [0.1, 0.15) is 15.5 Å². The molecule has 1 N–H and O–H groups in total. The highest BCUT2D eigenvalue weighted by Gasteiger charge is 2.15. The van der Waals surface area contributed by atoms with Crippen molar-refractivity contribution in [3.8, 4) is 27.7 Å². The standard InChI is InChI=1S/C24H21N3O4S/c1-27-11-10-25-23(27)15-31-18-5-3-17(4-6-18)26-24(28)22-9-8-21(32-22)16-2-7-19-20(14-16)30-13-12-29-19/h2-11,14H,12-13,15H2,1H3,(H,26,28). The zero-order valence-corrected chi connectivity index (χ0v) is 18.2. The highest BCUT2D eigenvalue weighted by atomic mass is 32.1. The first-order valence-corrected chi connectivity index (χ1v) is 11.0. The maximum Gasteiger partial charge on any atom is 0.265 e. The maximum atomic E-state index is 12.7. The highest BCUT2D eigenvalue weighted by Crippen LogP contribution is 2.37.